The lowest BCUT2D eigenvalue weighted by molar-refractivity contribution is -0.0342. The molecule has 0 aromatic rings. The second-order valence-corrected chi connectivity index (χ2v) is 7.48. The lowest BCUT2D eigenvalue weighted by Gasteiger charge is -2.38. The number of hydrogen-bond donors (Lipinski definition) is 4. The van der Waals surface area contributed by atoms with Crippen LogP contribution in [-0.2, 0) is 0 Å². The first-order valence-electron chi connectivity index (χ1n) is 7.18. The maximum atomic E-state index is 10.2. The van der Waals surface area contributed by atoms with Crippen LogP contribution in [0, 0.1) is 5.92 Å². The van der Waals surface area contributed by atoms with Gasteiger partial charge in [-0.3, -0.25) is 0 Å². The minimum atomic E-state index is -0.464. The Labute approximate surface area is 113 Å². The number of thioether (sulfide) groups is 1. The van der Waals surface area contributed by atoms with Crippen LogP contribution in [0.3, 0.4) is 0 Å². The predicted octanol–water partition coefficient (Wildman–Crippen LogP) is 0.419. The van der Waals surface area contributed by atoms with E-state index in [0.29, 0.717) is 24.1 Å². The summed E-state index contributed by atoms with van der Waals surface area (Å²) < 4.78 is 0. The zero-order chi connectivity index (χ0) is 12.7. The highest BCUT2D eigenvalue weighted by molar-refractivity contribution is 8.00. The smallest absolute Gasteiger partial charge is 0.0631 e. The molecule has 1 aliphatic heterocycles. The van der Waals surface area contributed by atoms with Crippen LogP contribution in [0.15, 0.2) is 0 Å². The van der Waals surface area contributed by atoms with Gasteiger partial charge in [0.05, 0.1) is 17.6 Å². The van der Waals surface area contributed by atoms with E-state index in [9.17, 15) is 10.2 Å². The second-order valence-electron chi connectivity index (χ2n) is 6.10. The summed E-state index contributed by atoms with van der Waals surface area (Å²) in [7, 11) is 0. The molecule has 5 N–H and O–H groups in total. The van der Waals surface area contributed by atoms with E-state index in [1.807, 2.05) is 11.8 Å². The van der Waals surface area contributed by atoms with Crippen molar-refractivity contribution in [2.75, 3.05) is 0 Å². The van der Waals surface area contributed by atoms with Crippen molar-refractivity contribution in [1.82, 2.24) is 5.32 Å². The molecule has 0 spiro atoms. The fourth-order valence-electron chi connectivity index (χ4n) is 3.78. The first-order chi connectivity index (χ1) is 8.65. The van der Waals surface area contributed by atoms with Crippen molar-refractivity contribution < 1.29 is 10.2 Å². The highest BCUT2D eigenvalue weighted by atomic mass is 32.2. The first kappa shape index (κ1) is 13.2. The van der Waals surface area contributed by atoms with Crippen molar-refractivity contribution in [3.05, 3.63) is 0 Å². The van der Waals surface area contributed by atoms with Crippen LogP contribution in [0.5, 0.6) is 0 Å². The minimum absolute atomic E-state index is 0.0552. The van der Waals surface area contributed by atoms with Crippen LogP contribution < -0.4 is 11.1 Å². The van der Waals surface area contributed by atoms with Crippen LogP contribution in [0.25, 0.3) is 0 Å². The van der Waals surface area contributed by atoms with Gasteiger partial charge in [-0.1, -0.05) is 12.8 Å². The Kier molecular flexibility index (Phi) is 3.87. The summed E-state index contributed by atoms with van der Waals surface area (Å²) in [6.07, 6.45) is 5.46. The average molecular weight is 272 g/mol. The van der Waals surface area contributed by atoms with Gasteiger partial charge >= 0.3 is 0 Å². The summed E-state index contributed by atoms with van der Waals surface area (Å²) in [5.74, 6) is -0.0552. The van der Waals surface area contributed by atoms with Gasteiger partial charge in [-0.25, -0.2) is 0 Å². The normalized spacial score (nSPS) is 53.2. The van der Waals surface area contributed by atoms with E-state index < -0.39 is 12.2 Å². The summed E-state index contributed by atoms with van der Waals surface area (Å²) in [6, 6.07) is 0.531. The molecule has 1 heterocycles. The molecule has 0 amide bonds. The van der Waals surface area contributed by atoms with Gasteiger partial charge in [-0.15, -0.1) is 11.8 Å². The van der Waals surface area contributed by atoms with Crippen molar-refractivity contribution in [2.24, 2.45) is 11.7 Å². The van der Waals surface area contributed by atoms with Gasteiger partial charge in [-0.05, 0) is 25.7 Å². The SMILES string of the molecule is NC1CC(O)C(C2NC3CCCCC3S2)C(O)C1. The van der Waals surface area contributed by atoms with Crippen molar-refractivity contribution in [3.63, 3.8) is 0 Å². The molecule has 4 nitrogen and oxygen atoms in total. The fourth-order valence-corrected chi connectivity index (χ4v) is 5.66. The van der Waals surface area contributed by atoms with Crippen LogP contribution in [0.1, 0.15) is 38.5 Å². The van der Waals surface area contributed by atoms with Crippen LogP contribution >= 0.6 is 11.8 Å². The number of aliphatic hydroxyl groups is 2. The molecule has 3 rings (SSSR count). The quantitative estimate of drug-likeness (QED) is 0.556. The van der Waals surface area contributed by atoms with Crippen molar-refractivity contribution in [2.45, 2.75) is 73.4 Å². The maximum Gasteiger partial charge on any atom is 0.0631 e. The van der Waals surface area contributed by atoms with Gasteiger partial charge in [0.25, 0.3) is 0 Å². The molecular formula is C13H24N2O2S. The molecule has 2 aliphatic carbocycles. The average Bonchev–Trinajstić information content (AvgIpc) is 2.70. The lowest BCUT2D eigenvalue weighted by Crippen LogP contribution is -2.52. The standard InChI is InChI=1S/C13H24N2O2S/c14-7-5-9(16)12(10(17)6-7)13-15-8-3-1-2-4-11(8)18-13/h7-13,15-17H,1-6,14H2. The summed E-state index contributed by atoms with van der Waals surface area (Å²) in [5, 5.41) is 24.9. The number of rotatable bonds is 1. The molecule has 2 saturated carbocycles. The van der Waals surface area contributed by atoms with Gasteiger partial charge in [-0.2, -0.15) is 0 Å². The van der Waals surface area contributed by atoms with Crippen LogP contribution in [0.4, 0.5) is 0 Å². The van der Waals surface area contributed by atoms with Gasteiger partial charge in [0.1, 0.15) is 0 Å². The summed E-state index contributed by atoms with van der Waals surface area (Å²) >= 11 is 1.94. The first-order valence-corrected chi connectivity index (χ1v) is 8.12. The minimum Gasteiger partial charge on any atom is -0.393 e. The number of fused-ring (bicyclic) bond motifs is 1. The van der Waals surface area contributed by atoms with Crippen LogP contribution in [0.2, 0.25) is 0 Å². The molecule has 3 fully saturated rings. The molecule has 5 atom stereocenters. The zero-order valence-electron chi connectivity index (χ0n) is 10.7. The molecule has 3 aliphatic rings. The fraction of sp³-hybridized carbons (Fsp3) is 1.00. The van der Waals surface area contributed by atoms with Crippen LogP contribution in [-0.4, -0.2) is 45.1 Å². The molecule has 104 valence electrons. The zero-order valence-corrected chi connectivity index (χ0v) is 11.5. The van der Waals surface area contributed by atoms with E-state index in [4.69, 9.17) is 5.73 Å². The van der Waals surface area contributed by atoms with Gasteiger partial charge in [0.15, 0.2) is 0 Å². The Balaban J connectivity index is 1.67. The topological polar surface area (TPSA) is 78.5 Å². The molecule has 5 unspecified atom stereocenters. The van der Waals surface area contributed by atoms with Gasteiger partial charge < -0.3 is 21.3 Å². The third-order valence-corrected chi connectivity index (χ3v) is 6.39. The maximum absolute atomic E-state index is 10.2. The molecule has 0 bridgehead atoms. The Morgan fingerprint density at radius 2 is 1.72 bits per heavy atom. The summed E-state index contributed by atoms with van der Waals surface area (Å²) in [6.45, 7) is 0. The Hall–Kier alpha value is 0.190. The third kappa shape index (κ3) is 2.43. The largest absolute Gasteiger partial charge is 0.393 e. The highest BCUT2D eigenvalue weighted by Gasteiger charge is 2.46. The Morgan fingerprint density at radius 1 is 1.06 bits per heavy atom. The van der Waals surface area contributed by atoms with E-state index >= 15 is 0 Å². The van der Waals surface area contributed by atoms with Crippen molar-refractivity contribution in [1.29, 1.82) is 0 Å². The van der Waals surface area contributed by atoms with E-state index in [-0.39, 0.29) is 17.3 Å². The monoisotopic (exact) mass is 272 g/mol. The summed E-state index contributed by atoms with van der Waals surface area (Å²) in [4.78, 5) is 0. The lowest BCUT2D eigenvalue weighted by atomic mass is 9.81. The van der Waals surface area contributed by atoms with Crippen molar-refractivity contribution in [3.8, 4) is 0 Å². The molecule has 0 aromatic heterocycles. The Morgan fingerprint density at radius 3 is 2.39 bits per heavy atom. The summed E-state index contributed by atoms with van der Waals surface area (Å²) in [5.41, 5.74) is 5.85. The van der Waals surface area contributed by atoms with E-state index in [2.05, 4.69) is 5.32 Å². The molecule has 5 heteroatoms. The predicted molar refractivity (Wildman–Crippen MR) is 73.3 cm³/mol. The van der Waals surface area contributed by atoms with Crippen molar-refractivity contribution >= 4 is 11.8 Å². The van der Waals surface area contributed by atoms with E-state index in [1.165, 1.54) is 25.7 Å². The number of aliphatic hydroxyl groups excluding tert-OH is 2. The van der Waals surface area contributed by atoms with E-state index in [0.717, 1.165) is 0 Å². The highest BCUT2D eigenvalue weighted by Crippen LogP contribution is 2.42. The molecule has 18 heavy (non-hydrogen) atoms. The van der Waals surface area contributed by atoms with E-state index in [1.54, 1.807) is 0 Å². The number of nitrogens with two attached hydrogens (primary N) is 1. The molecular weight excluding hydrogens is 248 g/mol. The Bertz CT molecular complexity index is 279. The molecule has 0 radical (unpaired) electrons. The second kappa shape index (κ2) is 5.29. The number of hydrogen-bond acceptors (Lipinski definition) is 5. The molecule has 1 saturated heterocycles. The van der Waals surface area contributed by atoms with Gasteiger partial charge in [0.2, 0.25) is 0 Å². The third-order valence-electron chi connectivity index (χ3n) is 4.73. The number of nitrogens with one attached hydrogen (secondary N) is 1. The van der Waals surface area contributed by atoms with Gasteiger partial charge in [0, 0.05) is 23.3 Å². The molecule has 0 aromatic carbocycles.